The van der Waals surface area contributed by atoms with Crippen molar-refractivity contribution in [2.24, 2.45) is 0 Å². The summed E-state index contributed by atoms with van der Waals surface area (Å²) in [4.78, 5) is 12.3. The van der Waals surface area contributed by atoms with Crippen LogP contribution in [0.1, 0.15) is 15.9 Å². The van der Waals surface area contributed by atoms with E-state index in [0.717, 1.165) is 11.8 Å². The largest absolute Gasteiger partial charge is 0.322 e. The van der Waals surface area contributed by atoms with Crippen LogP contribution in [-0.2, 0) is 10.0 Å². The number of anilines is 2. The number of aryl methyl sites for hydroxylation is 1. The Morgan fingerprint density at radius 2 is 1.52 bits per heavy atom. The van der Waals surface area contributed by atoms with Gasteiger partial charge in [-0.1, -0.05) is 30.3 Å². The van der Waals surface area contributed by atoms with Crippen molar-refractivity contribution in [3.05, 3.63) is 59.7 Å². The number of amides is 1. The molecule has 0 aliphatic rings. The Kier molecular flexibility index (Phi) is 4.28. The molecule has 0 spiro atoms. The molecule has 0 saturated carbocycles. The highest BCUT2D eigenvalue weighted by Gasteiger charge is 2.14. The second-order valence-electron chi connectivity index (χ2n) is 4.69. The molecule has 2 aromatic carbocycles. The first kappa shape index (κ1) is 15.1. The van der Waals surface area contributed by atoms with Crippen LogP contribution in [0.25, 0.3) is 0 Å². The Morgan fingerprint density at radius 3 is 2.14 bits per heavy atom. The van der Waals surface area contributed by atoms with Gasteiger partial charge in [0.15, 0.2) is 0 Å². The summed E-state index contributed by atoms with van der Waals surface area (Å²) in [5.41, 5.74) is 2.15. The Balaban J connectivity index is 2.30. The Hall–Kier alpha value is -2.34. The van der Waals surface area contributed by atoms with Gasteiger partial charge < -0.3 is 5.32 Å². The molecule has 2 rings (SSSR count). The van der Waals surface area contributed by atoms with E-state index in [-0.39, 0.29) is 17.2 Å². The average Bonchev–Trinajstić information content (AvgIpc) is 2.40. The average molecular weight is 304 g/mol. The summed E-state index contributed by atoms with van der Waals surface area (Å²) < 4.78 is 25.0. The van der Waals surface area contributed by atoms with E-state index in [4.69, 9.17) is 0 Å². The summed E-state index contributed by atoms with van der Waals surface area (Å²) in [6.45, 7) is 1.89. The lowest BCUT2D eigenvalue weighted by Gasteiger charge is -2.12. The topological polar surface area (TPSA) is 75.3 Å². The SMILES string of the molecule is Cc1ccccc1NC(=O)c1ccccc1NS(C)(=O)=O. The summed E-state index contributed by atoms with van der Waals surface area (Å²) in [6.07, 6.45) is 1.04. The number of rotatable bonds is 4. The molecule has 0 heterocycles. The third kappa shape index (κ3) is 4.06. The van der Waals surface area contributed by atoms with Crippen LogP contribution in [0.15, 0.2) is 48.5 Å². The molecule has 2 N–H and O–H groups in total. The maximum atomic E-state index is 12.3. The maximum Gasteiger partial charge on any atom is 0.257 e. The van der Waals surface area contributed by atoms with Gasteiger partial charge in [0.2, 0.25) is 10.0 Å². The van der Waals surface area contributed by atoms with Gasteiger partial charge in [0.25, 0.3) is 5.91 Å². The van der Waals surface area contributed by atoms with E-state index in [1.54, 1.807) is 30.3 Å². The number of hydrogen-bond acceptors (Lipinski definition) is 3. The van der Waals surface area contributed by atoms with Crippen LogP contribution in [-0.4, -0.2) is 20.6 Å². The van der Waals surface area contributed by atoms with Gasteiger partial charge in [-0.3, -0.25) is 9.52 Å². The van der Waals surface area contributed by atoms with E-state index >= 15 is 0 Å². The van der Waals surface area contributed by atoms with Gasteiger partial charge in [0.05, 0.1) is 17.5 Å². The molecule has 0 saturated heterocycles. The maximum absolute atomic E-state index is 12.3. The number of carbonyl (C=O) groups is 1. The van der Waals surface area contributed by atoms with Crippen molar-refractivity contribution in [3.63, 3.8) is 0 Å². The fraction of sp³-hybridized carbons (Fsp3) is 0.133. The third-order valence-corrected chi connectivity index (χ3v) is 3.45. The van der Waals surface area contributed by atoms with Crippen molar-refractivity contribution < 1.29 is 13.2 Å². The number of nitrogens with one attached hydrogen (secondary N) is 2. The minimum absolute atomic E-state index is 0.256. The summed E-state index contributed by atoms with van der Waals surface area (Å²) in [7, 11) is -3.44. The van der Waals surface area contributed by atoms with Crippen LogP contribution in [0.5, 0.6) is 0 Å². The zero-order valence-corrected chi connectivity index (χ0v) is 12.6. The fourth-order valence-electron chi connectivity index (χ4n) is 1.87. The smallest absolute Gasteiger partial charge is 0.257 e. The van der Waals surface area contributed by atoms with E-state index in [0.29, 0.717) is 5.69 Å². The molecule has 21 heavy (non-hydrogen) atoms. The standard InChI is InChI=1S/C15H16N2O3S/c1-11-7-3-5-9-13(11)16-15(18)12-8-4-6-10-14(12)17-21(2,19)20/h3-10,17H,1-2H3,(H,16,18). The molecule has 0 aliphatic heterocycles. The molecule has 5 nitrogen and oxygen atoms in total. The molecule has 0 aliphatic carbocycles. The fourth-order valence-corrected chi connectivity index (χ4v) is 2.45. The van der Waals surface area contributed by atoms with Crippen LogP contribution in [0.2, 0.25) is 0 Å². The molecular weight excluding hydrogens is 288 g/mol. The molecular formula is C15H16N2O3S. The van der Waals surface area contributed by atoms with E-state index in [2.05, 4.69) is 10.0 Å². The predicted molar refractivity (Wildman–Crippen MR) is 84.0 cm³/mol. The third-order valence-electron chi connectivity index (χ3n) is 2.86. The lowest BCUT2D eigenvalue weighted by Crippen LogP contribution is -2.17. The van der Waals surface area contributed by atoms with Crippen molar-refractivity contribution in [3.8, 4) is 0 Å². The number of hydrogen-bond donors (Lipinski definition) is 2. The monoisotopic (exact) mass is 304 g/mol. The minimum atomic E-state index is -3.44. The van der Waals surface area contributed by atoms with Gasteiger partial charge >= 0.3 is 0 Å². The van der Waals surface area contributed by atoms with Gasteiger partial charge in [0, 0.05) is 5.69 Å². The lowest BCUT2D eigenvalue weighted by atomic mass is 10.1. The highest BCUT2D eigenvalue weighted by molar-refractivity contribution is 7.92. The first-order chi connectivity index (χ1) is 9.87. The van der Waals surface area contributed by atoms with Crippen molar-refractivity contribution in [1.82, 2.24) is 0 Å². The molecule has 0 atom stereocenters. The van der Waals surface area contributed by atoms with E-state index in [1.807, 2.05) is 25.1 Å². The lowest BCUT2D eigenvalue weighted by molar-refractivity contribution is 0.102. The molecule has 110 valence electrons. The van der Waals surface area contributed by atoms with Gasteiger partial charge in [0.1, 0.15) is 0 Å². The van der Waals surface area contributed by atoms with E-state index in [9.17, 15) is 13.2 Å². The molecule has 2 aromatic rings. The van der Waals surface area contributed by atoms with Crippen molar-refractivity contribution >= 4 is 27.3 Å². The molecule has 0 bridgehead atoms. The van der Waals surface area contributed by atoms with Crippen molar-refractivity contribution in [2.75, 3.05) is 16.3 Å². The Labute approximate surface area is 124 Å². The van der Waals surface area contributed by atoms with Crippen LogP contribution >= 0.6 is 0 Å². The Bertz CT molecular complexity index is 770. The summed E-state index contributed by atoms with van der Waals surface area (Å²) in [6, 6.07) is 13.8. The number of carbonyl (C=O) groups excluding carboxylic acids is 1. The van der Waals surface area contributed by atoms with E-state index < -0.39 is 10.0 Å². The number of sulfonamides is 1. The van der Waals surface area contributed by atoms with Crippen LogP contribution < -0.4 is 10.0 Å². The molecule has 6 heteroatoms. The summed E-state index contributed by atoms with van der Waals surface area (Å²) in [5.74, 6) is -0.365. The predicted octanol–water partition coefficient (Wildman–Crippen LogP) is 2.62. The molecule has 0 aromatic heterocycles. The van der Waals surface area contributed by atoms with Crippen LogP contribution in [0.4, 0.5) is 11.4 Å². The zero-order valence-electron chi connectivity index (χ0n) is 11.8. The molecule has 1 amide bonds. The quantitative estimate of drug-likeness (QED) is 0.911. The zero-order chi connectivity index (χ0) is 15.5. The summed E-state index contributed by atoms with van der Waals surface area (Å²) >= 11 is 0. The second-order valence-corrected chi connectivity index (χ2v) is 6.44. The van der Waals surface area contributed by atoms with Crippen LogP contribution in [0.3, 0.4) is 0 Å². The highest BCUT2D eigenvalue weighted by atomic mass is 32.2. The molecule has 0 radical (unpaired) electrons. The number of para-hydroxylation sites is 2. The summed E-state index contributed by atoms with van der Waals surface area (Å²) in [5, 5.41) is 2.78. The first-order valence-corrected chi connectivity index (χ1v) is 8.20. The minimum Gasteiger partial charge on any atom is -0.322 e. The van der Waals surface area contributed by atoms with Crippen molar-refractivity contribution in [1.29, 1.82) is 0 Å². The second kappa shape index (κ2) is 5.97. The van der Waals surface area contributed by atoms with Gasteiger partial charge in [-0.2, -0.15) is 0 Å². The molecule has 0 fully saturated rings. The number of benzene rings is 2. The van der Waals surface area contributed by atoms with E-state index in [1.165, 1.54) is 0 Å². The van der Waals surface area contributed by atoms with Gasteiger partial charge in [-0.25, -0.2) is 8.42 Å². The van der Waals surface area contributed by atoms with Crippen molar-refractivity contribution in [2.45, 2.75) is 6.92 Å². The normalized spacial score (nSPS) is 11.0. The van der Waals surface area contributed by atoms with Gasteiger partial charge in [-0.05, 0) is 30.7 Å². The highest BCUT2D eigenvalue weighted by Crippen LogP contribution is 2.20. The Morgan fingerprint density at radius 1 is 0.952 bits per heavy atom. The first-order valence-electron chi connectivity index (χ1n) is 6.30. The molecule has 0 unspecified atom stereocenters. The van der Waals surface area contributed by atoms with Gasteiger partial charge in [-0.15, -0.1) is 0 Å². The van der Waals surface area contributed by atoms with Crippen LogP contribution in [0, 0.1) is 6.92 Å².